The van der Waals surface area contributed by atoms with E-state index in [2.05, 4.69) is 31.3 Å². The molecule has 0 atom stereocenters. The highest BCUT2D eigenvalue weighted by molar-refractivity contribution is 5.56. The standard InChI is InChI=1S/C12H17NO/c1-11(2)9-7-5-6-8-10(9)13-12(3,4)14-11/h5-8,13H,1-4H3. The zero-order chi connectivity index (χ0) is 10.4. The predicted octanol–water partition coefficient (Wildman–Crippen LogP) is 3.10. The van der Waals surface area contributed by atoms with Gasteiger partial charge in [-0.3, -0.25) is 0 Å². The second-order valence-electron chi connectivity index (χ2n) is 4.79. The van der Waals surface area contributed by atoms with Crippen LogP contribution in [0.15, 0.2) is 24.3 Å². The van der Waals surface area contributed by atoms with E-state index in [0.717, 1.165) is 0 Å². The van der Waals surface area contributed by atoms with E-state index in [-0.39, 0.29) is 11.3 Å². The summed E-state index contributed by atoms with van der Waals surface area (Å²) in [5.74, 6) is 0. The maximum absolute atomic E-state index is 5.98. The summed E-state index contributed by atoms with van der Waals surface area (Å²) in [6, 6.07) is 8.30. The smallest absolute Gasteiger partial charge is 0.134 e. The van der Waals surface area contributed by atoms with Crippen LogP contribution in [0.4, 0.5) is 5.69 Å². The lowest BCUT2D eigenvalue weighted by Gasteiger charge is -2.43. The van der Waals surface area contributed by atoms with Gasteiger partial charge in [0.1, 0.15) is 5.72 Å². The molecule has 2 nitrogen and oxygen atoms in total. The van der Waals surface area contributed by atoms with Crippen molar-refractivity contribution in [1.82, 2.24) is 0 Å². The number of hydrogen-bond donors (Lipinski definition) is 1. The summed E-state index contributed by atoms with van der Waals surface area (Å²) >= 11 is 0. The summed E-state index contributed by atoms with van der Waals surface area (Å²) in [7, 11) is 0. The Morgan fingerprint density at radius 2 is 1.71 bits per heavy atom. The first-order chi connectivity index (χ1) is 6.41. The van der Waals surface area contributed by atoms with Gasteiger partial charge in [-0.25, -0.2) is 0 Å². The molecule has 1 aromatic carbocycles. The van der Waals surface area contributed by atoms with Gasteiger partial charge in [-0.2, -0.15) is 0 Å². The van der Waals surface area contributed by atoms with Gasteiger partial charge in [-0.05, 0) is 33.8 Å². The van der Waals surface area contributed by atoms with Crippen molar-refractivity contribution in [1.29, 1.82) is 0 Å². The predicted molar refractivity (Wildman–Crippen MR) is 58.3 cm³/mol. The number of nitrogens with one attached hydrogen (secondary N) is 1. The van der Waals surface area contributed by atoms with Crippen LogP contribution in [0.25, 0.3) is 0 Å². The Balaban J connectivity index is 2.52. The highest BCUT2D eigenvalue weighted by atomic mass is 16.5. The van der Waals surface area contributed by atoms with Crippen LogP contribution in [0.1, 0.15) is 33.3 Å². The zero-order valence-corrected chi connectivity index (χ0v) is 9.22. The fourth-order valence-corrected chi connectivity index (χ4v) is 2.16. The van der Waals surface area contributed by atoms with E-state index in [1.807, 2.05) is 26.0 Å². The van der Waals surface area contributed by atoms with Gasteiger partial charge < -0.3 is 10.1 Å². The van der Waals surface area contributed by atoms with E-state index >= 15 is 0 Å². The molecule has 0 radical (unpaired) electrons. The molecular weight excluding hydrogens is 174 g/mol. The molecule has 1 heterocycles. The van der Waals surface area contributed by atoms with Gasteiger partial charge in [0.25, 0.3) is 0 Å². The third kappa shape index (κ3) is 1.50. The maximum Gasteiger partial charge on any atom is 0.134 e. The minimum absolute atomic E-state index is 0.217. The van der Waals surface area contributed by atoms with Crippen LogP contribution >= 0.6 is 0 Å². The van der Waals surface area contributed by atoms with Crippen molar-refractivity contribution in [3.8, 4) is 0 Å². The summed E-state index contributed by atoms with van der Waals surface area (Å²) in [4.78, 5) is 0. The van der Waals surface area contributed by atoms with Crippen LogP contribution in [-0.4, -0.2) is 5.72 Å². The molecule has 1 N–H and O–H groups in total. The third-order valence-electron chi connectivity index (χ3n) is 2.52. The highest BCUT2D eigenvalue weighted by Gasteiger charge is 2.37. The topological polar surface area (TPSA) is 21.3 Å². The average molecular weight is 191 g/mol. The van der Waals surface area contributed by atoms with Gasteiger partial charge in [-0.15, -0.1) is 0 Å². The lowest BCUT2D eigenvalue weighted by molar-refractivity contribution is -0.119. The molecule has 0 amide bonds. The van der Waals surface area contributed by atoms with E-state index in [1.165, 1.54) is 11.3 Å². The van der Waals surface area contributed by atoms with Gasteiger partial charge in [0.05, 0.1) is 5.60 Å². The molecular formula is C12H17NO. The zero-order valence-electron chi connectivity index (χ0n) is 9.22. The lowest BCUT2D eigenvalue weighted by Crippen LogP contribution is -2.46. The summed E-state index contributed by atoms with van der Waals surface area (Å²) in [6.07, 6.45) is 0. The average Bonchev–Trinajstić information content (AvgIpc) is 2.00. The fraction of sp³-hybridized carbons (Fsp3) is 0.500. The van der Waals surface area contributed by atoms with Crippen molar-refractivity contribution in [2.75, 3.05) is 5.32 Å². The van der Waals surface area contributed by atoms with Crippen LogP contribution in [-0.2, 0) is 10.3 Å². The van der Waals surface area contributed by atoms with Crippen molar-refractivity contribution in [2.45, 2.75) is 39.0 Å². The largest absolute Gasteiger partial charge is 0.358 e. The van der Waals surface area contributed by atoms with Crippen LogP contribution < -0.4 is 5.32 Å². The molecule has 2 heteroatoms. The van der Waals surface area contributed by atoms with Gasteiger partial charge in [0.2, 0.25) is 0 Å². The van der Waals surface area contributed by atoms with Crippen LogP contribution in [0.3, 0.4) is 0 Å². The van der Waals surface area contributed by atoms with Gasteiger partial charge in [0.15, 0.2) is 0 Å². The summed E-state index contributed by atoms with van der Waals surface area (Å²) < 4.78 is 5.98. The van der Waals surface area contributed by atoms with E-state index in [0.29, 0.717) is 0 Å². The Kier molecular flexibility index (Phi) is 1.86. The summed E-state index contributed by atoms with van der Waals surface area (Å²) in [5, 5.41) is 3.37. The normalized spacial score (nSPS) is 22.3. The number of rotatable bonds is 0. The first-order valence-electron chi connectivity index (χ1n) is 4.99. The number of ether oxygens (including phenoxy) is 1. The second-order valence-corrected chi connectivity index (χ2v) is 4.79. The molecule has 0 saturated heterocycles. The molecule has 0 bridgehead atoms. The monoisotopic (exact) mass is 191 g/mol. The van der Waals surface area contributed by atoms with Crippen LogP contribution in [0, 0.1) is 0 Å². The summed E-state index contributed by atoms with van der Waals surface area (Å²) in [6.45, 7) is 8.30. The van der Waals surface area contributed by atoms with Crippen molar-refractivity contribution in [3.63, 3.8) is 0 Å². The van der Waals surface area contributed by atoms with Gasteiger partial charge in [0, 0.05) is 11.3 Å². The van der Waals surface area contributed by atoms with Crippen molar-refractivity contribution >= 4 is 5.69 Å². The number of hydrogen-bond acceptors (Lipinski definition) is 2. The molecule has 0 spiro atoms. The first-order valence-corrected chi connectivity index (χ1v) is 4.99. The van der Waals surface area contributed by atoms with Crippen molar-refractivity contribution in [3.05, 3.63) is 29.8 Å². The minimum Gasteiger partial charge on any atom is -0.358 e. The van der Waals surface area contributed by atoms with E-state index in [9.17, 15) is 0 Å². The van der Waals surface area contributed by atoms with E-state index < -0.39 is 0 Å². The van der Waals surface area contributed by atoms with Crippen molar-refractivity contribution < 1.29 is 4.74 Å². The highest BCUT2D eigenvalue weighted by Crippen LogP contribution is 2.39. The third-order valence-corrected chi connectivity index (χ3v) is 2.52. The van der Waals surface area contributed by atoms with Gasteiger partial charge >= 0.3 is 0 Å². The number of anilines is 1. The molecule has 0 fully saturated rings. The Bertz CT molecular complexity index is 355. The Labute approximate surface area is 85.3 Å². The van der Waals surface area contributed by atoms with Crippen LogP contribution in [0.5, 0.6) is 0 Å². The quantitative estimate of drug-likeness (QED) is 0.680. The molecule has 1 aliphatic heterocycles. The first kappa shape index (κ1) is 9.53. The lowest BCUT2D eigenvalue weighted by atomic mass is 9.93. The van der Waals surface area contributed by atoms with E-state index in [1.54, 1.807) is 0 Å². The molecule has 0 unspecified atom stereocenters. The maximum atomic E-state index is 5.98. The Hall–Kier alpha value is -1.02. The van der Waals surface area contributed by atoms with E-state index in [4.69, 9.17) is 4.74 Å². The SMILES string of the molecule is CC1(C)Nc2ccccc2C(C)(C)O1. The molecule has 0 aliphatic carbocycles. The second kappa shape index (κ2) is 2.74. The molecule has 2 rings (SSSR count). The van der Waals surface area contributed by atoms with Crippen LogP contribution in [0.2, 0.25) is 0 Å². The number of para-hydroxylation sites is 1. The molecule has 1 aliphatic rings. The molecule has 1 aromatic rings. The van der Waals surface area contributed by atoms with Gasteiger partial charge in [-0.1, -0.05) is 18.2 Å². The molecule has 0 saturated carbocycles. The Morgan fingerprint density at radius 3 is 2.43 bits per heavy atom. The fourth-order valence-electron chi connectivity index (χ4n) is 2.16. The minimum atomic E-state index is -0.294. The molecule has 76 valence electrons. The molecule has 0 aromatic heterocycles. The number of benzene rings is 1. The summed E-state index contributed by atoms with van der Waals surface area (Å²) in [5.41, 5.74) is 1.89. The van der Waals surface area contributed by atoms with Crippen molar-refractivity contribution in [2.24, 2.45) is 0 Å². The molecule has 14 heavy (non-hydrogen) atoms. The Morgan fingerprint density at radius 1 is 1.07 bits per heavy atom. The number of fused-ring (bicyclic) bond motifs is 1.